The maximum atomic E-state index is 9.10. The molecule has 0 aromatic carbocycles. The van der Waals surface area contributed by atoms with Crippen LogP contribution in [0.3, 0.4) is 0 Å². The molecule has 0 amide bonds. The molecule has 2 fully saturated rings. The lowest BCUT2D eigenvalue weighted by Gasteiger charge is -2.24. The van der Waals surface area contributed by atoms with Crippen molar-refractivity contribution in [2.75, 3.05) is 26.2 Å². The largest absolute Gasteiger partial charge is 0.377 e. The first-order valence-electron chi connectivity index (χ1n) is 6.27. The number of nitrogens with zero attached hydrogens (tertiary/aromatic N) is 2. The quantitative estimate of drug-likeness (QED) is 0.763. The van der Waals surface area contributed by atoms with E-state index in [1.807, 2.05) is 0 Å². The first-order chi connectivity index (χ1) is 7.78. The van der Waals surface area contributed by atoms with Crippen LogP contribution < -0.4 is 5.32 Å². The third-order valence-electron chi connectivity index (χ3n) is 3.15. The van der Waals surface area contributed by atoms with E-state index in [1.165, 1.54) is 12.8 Å². The Balaban J connectivity index is 1.78. The van der Waals surface area contributed by atoms with Crippen LogP contribution in [0, 0.1) is 11.3 Å². The van der Waals surface area contributed by atoms with Crippen molar-refractivity contribution in [3.63, 3.8) is 0 Å². The standard InChI is InChI=1S/C12H21N3O/c1-10-8-15(5-2-6-16-10)9-12(7-13)14-11-3-4-11/h10-12,14H,2-6,8-9H2,1H3. The molecule has 0 radical (unpaired) electrons. The van der Waals surface area contributed by atoms with E-state index in [1.54, 1.807) is 0 Å². The molecule has 1 aliphatic carbocycles. The Morgan fingerprint density at radius 3 is 3.06 bits per heavy atom. The topological polar surface area (TPSA) is 48.3 Å². The van der Waals surface area contributed by atoms with Crippen LogP contribution in [0.2, 0.25) is 0 Å². The number of nitrogens with one attached hydrogen (secondary N) is 1. The highest BCUT2D eigenvalue weighted by molar-refractivity contribution is 4.97. The Hall–Kier alpha value is -0.630. The molecule has 0 aromatic heterocycles. The summed E-state index contributed by atoms with van der Waals surface area (Å²) in [6, 6.07) is 2.95. The molecule has 16 heavy (non-hydrogen) atoms. The van der Waals surface area contributed by atoms with Gasteiger partial charge in [0.2, 0.25) is 0 Å². The molecule has 90 valence electrons. The minimum absolute atomic E-state index is 0.0159. The maximum absolute atomic E-state index is 9.10. The molecule has 1 aliphatic heterocycles. The number of nitriles is 1. The fourth-order valence-electron chi connectivity index (χ4n) is 2.17. The highest BCUT2D eigenvalue weighted by atomic mass is 16.5. The molecule has 4 heteroatoms. The van der Waals surface area contributed by atoms with Gasteiger partial charge >= 0.3 is 0 Å². The van der Waals surface area contributed by atoms with Gasteiger partial charge in [-0.3, -0.25) is 10.2 Å². The molecule has 0 bridgehead atoms. The Morgan fingerprint density at radius 2 is 2.38 bits per heavy atom. The first kappa shape index (κ1) is 11.8. The lowest BCUT2D eigenvalue weighted by Crippen LogP contribution is -2.43. The van der Waals surface area contributed by atoms with Crippen LogP contribution >= 0.6 is 0 Å². The molecule has 1 saturated carbocycles. The zero-order chi connectivity index (χ0) is 11.4. The number of ether oxygens (including phenoxy) is 1. The average molecular weight is 223 g/mol. The molecule has 0 aromatic rings. The zero-order valence-electron chi connectivity index (χ0n) is 9.98. The second kappa shape index (κ2) is 5.62. The molecule has 1 saturated heterocycles. The van der Waals surface area contributed by atoms with Crippen LogP contribution in [0.1, 0.15) is 26.2 Å². The van der Waals surface area contributed by atoms with Gasteiger partial charge in [-0.25, -0.2) is 0 Å². The Labute approximate surface area is 97.6 Å². The summed E-state index contributed by atoms with van der Waals surface area (Å²) < 4.78 is 5.60. The smallest absolute Gasteiger partial charge is 0.108 e. The van der Waals surface area contributed by atoms with Crippen LogP contribution in [-0.2, 0) is 4.74 Å². The molecular weight excluding hydrogens is 202 g/mol. The van der Waals surface area contributed by atoms with Crippen LogP contribution in [0.5, 0.6) is 0 Å². The van der Waals surface area contributed by atoms with E-state index < -0.39 is 0 Å². The Bertz CT molecular complexity index is 259. The summed E-state index contributed by atoms with van der Waals surface area (Å²) in [5, 5.41) is 12.5. The van der Waals surface area contributed by atoms with E-state index in [0.29, 0.717) is 12.1 Å². The number of hydrogen-bond donors (Lipinski definition) is 1. The minimum Gasteiger partial charge on any atom is -0.377 e. The monoisotopic (exact) mass is 223 g/mol. The summed E-state index contributed by atoms with van der Waals surface area (Å²) in [5.41, 5.74) is 0. The first-order valence-corrected chi connectivity index (χ1v) is 6.27. The van der Waals surface area contributed by atoms with Crippen molar-refractivity contribution in [2.45, 2.75) is 44.4 Å². The molecule has 4 nitrogen and oxygen atoms in total. The van der Waals surface area contributed by atoms with E-state index in [0.717, 1.165) is 32.7 Å². The average Bonchev–Trinajstić information content (AvgIpc) is 3.06. The third-order valence-corrected chi connectivity index (χ3v) is 3.15. The lowest BCUT2D eigenvalue weighted by molar-refractivity contribution is 0.0671. The highest BCUT2D eigenvalue weighted by Gasteiger charge is 2.26. The van der Waals surface area contributed by atoms with E-state index in [9.17, 15) is 0 Å². The van der Waals surface area contributed by atoms with Crippen LogP contribution in [0.15, 0.2) is 0 Å². The second-order valence-corrected chi connectivity index (χ2v) is 4.92. The van der Waals surface area contributed by atoms with Crippen molar-refractivity contribution in [2.24, 2.45) is 0 Å². The summed E-state index contributed by atoms with van der Waals surface area (Å²) >= 11 is 0. The van der Waals surface area contributed by atoms with Gasteiger partial charge in [-0.05, 0) is 26.2 Å². The zero-order valence-corrected chi connectivity index (χ0v) is 9.98. The van der Waals surface area contributed by atoms with Gasteiger partial charge in [-0.15, -0.1) is 0 Å². The third kappa shape index (κ3) is 3.75. The van der Waals surface area contributed by atoms with Crippen molar-refractivity contribution >= 4 is 0 Å². The van der Waals surface area contributed by atoms with Crippen LogP contribution in [-0.4, -0.2) is 49.3 Å². The summed E-state index contributed by atoms with van der Waals surface area (Å²) in [4.78, 5) is 2.35. The molecule has 2 rings (SSSR count). The SMILES string of the molecule is CC1CN(CC(C#N)NC2CC2)CCCO1. The van der Waals surface area contributed by atoms with Gasteiger partial charge in [0.15, 0.2) is 0 Å². The Morgan fingerprint density at radius 1 is 1.56 bits per heavy atom. The van der Waals surface area contributed by atoms with E-state index >= 15 is 0 Å². The lowest BCUT2D eigenvalue weighted by atomic mass is 10.2. The fourth-order valence-corrected chi connectivity index (χ4v) is 2.17. The predicted molar refractivity (Wildman–Crippen MR) is 62.0 cm³/mol. The van der Waals surface area contributed by atoms with E-state index in [2.05, 4.69) is 23.2 Å². The molecule has 2 aliphatic rings. The fraction of sp³-hybridized carbons (Fsp3) is 0.917. The van der Waals surface area contributed by atoms with Crippen molar-refractivity contribution in [1.82, 2.24) is 10.2 Å². The van der Waals surface area contributed by atoms with Gasteiger partial charge in [-0.1, -0.05) is 0 Å². The van der Waals surface area contributed by atoms with Gasteiger partial charge in [0, 0.05) is 32.3 Å². The summed E-state index contributed by atoms with van der Waals surface area (Å²) in [6.07, 6.45) is 3.84. The summed E-state index contributed by atoms with van der Waals surface area (Å²) in [5.74, 6) is 0. The molecule has 2 unspecified atom stereocenters. The normalized spacial score (nSPS) is 29.4. The van der Waals surface area contributed by atoms with Gasteiger partial charge in [-0.2, -0.15) is 5.26 Å². The van der Waals surface area contributed by atoms with Crippen LogP contribution in [0.25, 0.3) is 0 Å². The number of hydrogen-bond acceptors (Lipinski definition) is 4. The second-order valence-electron chi connectivity index (χ2n) is 4.92. The van der Waals surface area contributed by atoms with Gasteiger partial charge < -0.3 is 4.74 Å². The van der Waals surface area contributed by atoms with Gasteiger partial charge in [0.05, 0.1) is 12.2 Å². The van der Waals surface area contributed by atoms with Crippen molar-refractivity contribution in [3.05, 3.63) is 0 Å². The van der Waals surface area contributed by atoms with Gasteiger partial charge in [0.25, 0.3) is 0 Å². The predicted octanol–water partition coefficient (Wildman–Crippen LogP) is 0.741. The summed E-state index contributed by atoms with van der Waals surface area (Å²) in [7, 11) is 0. The number of rotatable bonds is 4. The maximum Gasteiger partial charge on any atom is 0.108 e. The van der Waals surface area contributed by atoms with Gasteiger partial charge in [0.1, 0.15) is 6.04 Å². The Kier molecular flexibility index (Phi) is 4.16. The molecule has 1 N–H and O–H groups in total. The minimum atomic E-state index is -0.0159. The molecular formula is C12H21N3O. The van der Waals surface area contributed by atoms with Crippen LogP contribution in [0.4, 0.5) is 0 Å². The summed E-state index contributed by atoms with van der Waals surface area (Å²) in [6.45, 7) is 5.79. The molecule has 2 atom stereocenters. The highest BCUT2D eigenvalue weighted by Crippen LogP contribution is 2.19. The molecule has 0 spiro atoms. The molecule has 1 heterocycles. The van der Waals surface area contributed by atoms with Crippen molar-refractivity contribution < 1.29 is 4.74 Å². The van der Waals surface area contributed by atoms with Crippen molar-refractivity contribution in [3.8, 4) is 6.07 Å². The van der Waals surface area contributed by atoms with Crippen molar-refractivity contribution in [1.29, 1.82) is 5.26 Å². The van der Waals surface area contributed by atoms with E-state index in [4.69, 9.17) is 10.00 Å². The van der Waals surface area contributed by atoms with E-state index in [-0.39, 0.29) is 6.04 Å².